The van der Waals surface area contributed by atoms with Crippen LogP contribution in [0.15, 0.2) is 42.9 Å². The molecule has 2 N–H and O–H groups in total. The van der Waals surface area contributed by atoms with Crippen molar-refractivity contribution in [2.75, 3.05) is 18.5 Å². The van der Waals surface area contributed by atoms with Gasteiger partial charge in [-0.05, 0) is 43.5 Å². The number of hydrogen-bond donors (Lipinski definition) is 2. The molecular weight excluding hydrogens is 410 g/mol. The van der Waals surface area contributed by atoms with Crippen LogP contribution >= 0.6 is 0 Å². The summed E-state index contributed by atoms with van der Waals surface area (Å²) in [5, 5.41) is 18.9. The molecule has 0 atom stereocenters. The Hall–Kier alpha value is -4.02. The highest BCUT2D eigenvalue weighted by Crippen LogP contribution is 2.20. The zero-order valence-corrected chi connectivity index (χ0v) is 17.4. The second-order valence-electron chi connectivity index (χ2n) is 7.52. The van der Waals surface area contributed by atoms with Gasteiger partial charge in [0, 0.05) is 25.2 Å². The number of hydrogen-bond acceptors (Lipinski definition) is 8. The van der Waals surface area contributed by atoms with Gasteiger partial charge in [0.2, 0.25) is 11.9 Å². The Balaban J connectivity index is 1.42. The fourth-order valence-electron chi connectivity index (χ4n) is 3.45. The number of aromatic nitrogens is 7. The largest absolute Gasteiger partial charge is 0.494 e. The third-order valence-corrected chi connectivity index (χ3v) is 5.12. The van der Waals surface area contributed by atoms with E-state index >= 15 is 0 Å². The van der Waals surface area contributed by atoms with Gasteiger partial charge in [-0.1, -0.05) is 5.21 Å². The SMILES string of the molecule is O=C1CCCCOc2ccc(cc2)Nc2ncc3nnn(c3n2)-c2cnn(c2)CCCN1. The summed E-state index contributed by atoms with van der Waals surface area (Å²) in [6, 6.07) is 7.59. The van der Waals surface area contributed by atoms with E-state index < -0.39 is 0 Å². The van der Waals surface area contributed by atoms with Gasteiger partial charge in [-0.25, -0.2) is 4.98 Å². The third kappa shape index (κ3) is 4.51. The molecule has 0 fully saturated rings. The van der Waals surface area contributed by atoms with Gasteiger partial charge in [0.15, 0.2) is 11.2 Å². The van der Waals surface area contributed by atoms with Gasteiger partial charge in [-0.2, -0.15) is 14.8 Å². The molecule has 2 aliphatic heterocycles. The Morgan fingerprint density at radius 1 is 1.06 bits per heavy atom. The molecular formula is C21H23N9O2. The molecule has 11 heteroatoms. The van der Waals surface area contributed by atoms with E-state index in [0.29, 0.717) is 43.2 Å². The van der Waals surface area contributed by atoms with E-state index in [1.165, 1.54) is 0 Å². The van der Waals surface area contributed by atoms with Crippen molar-refractivity contribution in [3.8, 4) is 11.4 Å². The quantitative estimate of drug-likeness (QED) is 0.433. The van der Waals surface area contributed by atoms with Crippen LogP contribution in [0.4, 0.5) is 11.6 Å². The number of fused-ring (bicyclic) bond motifs is 11. The molecule has 0 unspecified atom stereocenters. The van der Waals surface area contributed by atoms with Crippen LogP contribution in [0.25, 0.3) is 16.9 Å². The number of anilines is 2. The lowest BCUT2D eigenvalue weighted by Gasteiger charge is -2.09. The molecule has 6 rings (SSSR count). The molecule has 32 heavy (non-hydrogen) atoms. The molecule has 3 aromatic heterocycles. The van der Waals surface area contributed by atoms with E-state index in [2.05, 4.69) is 36.0 Å². The summed E-state index contributed by atoms with van der Waals surface area (Å²) in [5.74, 6) is 1.28. The Bertz CT molecular complexity index is 1220. The van der Waals surface area contributed by atoms with E-state index in [1.807, 2.05) is 35.1 Å². The Morgan fingerprint density at radius 3 is 2.88 bits per heavy atom. The van der Waals surface area contributed by atoms with Crippen molar-refractivity contribution in [1.82, 2.24) is 40.1 Å². The lowest BCUT2D eigenvalue weighted by molar-refractivity contribution is -0.121. The Labute approximate surface area is 183 Å². The lowest BCUT2D eigenvalue weighted by Crippen LogP contribution is -2.25. The first kappa shape index (κ1) is 19.9. The number of ether oxygens (including phenoxy) is 1. The molecule has 0 radical (unpaired) electrons. The predicted molar refractivity (Wildman–Crippen MR) is 117 cm³/mol. The van der Waals surface area contributed by atoms with Crippen LogP contribution in [-0.4, -0.2) is 53.8 Å². The Morgan fingerprint density at radius 2 is 1.97 bits per heavy atom. The molecule has 1 amide bonds. The topological polar surface area (TPSA) is 125 Å². The standard InChI is InChI=1S/C21H23N9O2/c31-19-4-1-2-11-32-17-7-5-15(6-8-17)25-21-23-13-18-20(26-21)30(28-27-18)16-12-24-29(14-16)10-3-9-22-19/h5-8,12-14H,1-4,9-11H2,(H,22,31)(H,23,25,26). The van der Waals surface area contributed by atoms with Crippen LogP contribution in [-0.2, 0) is 11.3 Å². The zero-order chi connectivity index (χ0) is 21.8. The molecule has 0 saturated carbocycles. The van der Waals surface area contributed by atoms with Crippen molar-refractivity contribution < 1.29 is 9.53 Å². The van der Waals surface area contributed by atoms with E-state index in [0.717, 1.165) is 36.4 Å². The normalized spacial score (nSPS) is 15.4. The van der Waals surface area contributed by atoms with Crippen molar-refractivity contribution in [1.29, 1.82) is 0 Å². The van der Waals surface area contributed by atoms with Crippen LogP contribution in [0.5, 0.6) is 5.75 Å². The van der Waals surface area contributed by atoms with Gasteiger partial charge in [-0.15, -0.1) is 5.10 Å². The van der Waals surface area contributed by atoms with Crippen molar-refractivity contribution in [3.63, 3.8) is 0 Å². The smallest absolute Gasteiger partial charge is 0.229 e. The van der Waals surface area contributed by atoms with Crippen LogP contribution in [0, 0.1) is 0 Å². The van der Waals surface area contributed by atoms with Gasteiger partial charge in [0.05, 0.1) is 25.2 Å². The van der Waals surface area contributed by atoms with Crippen molar-refractivity contribution in [2.24, 2.45) is 0 Å². The number of nitrogens with zero attached hydrogens (tertiary/aromatic N) is 7. The van der Waals surface area contributed by atoms with Crippen LogP contribution in [0.2, 0.25) is 0 Å². The van der Waals surface area contributed by atoms with Gasteiger partial charge >= 0.3 is 0 Å². The van der Waals surface area contributed by atoms with E-state index in [1.54, 1.807) is 17.1 Å². The lowest BCUT2D eigenvalue weighted by atomic mass is 10.2. The Kier molecular flexibility index (Phi) is 5.60. The highest BCUT2D eigenvalue weighted by molar-refractivity contribution is 5.75. The first-order valence-electron chi connectivity index (χ1n) is 10.6. The second-order valence-corrected chi connectivity index (χ2v) is 7.52. The molecule has 0 spiro atoms. The van der Waals surface area contributed by atoms with E-state index in [9.17, 15) is 4.79 Å². The molecule has 0 aliphatic carbocycles. The number of amides is 1. The molecule has 1 aromatic carbocycles. The first-order chi connectivity index (χ1) is 15.7. The maximum absolute atomic E-state index is 12.0. The minimum atomic E-state index is 0.0632. The molecule has 5 heterocycles. The van der Waals surface area contributed by atoms with Gasteiger partial charge in [0.25, 0.3) is 0 Å². The summed E-state index contributed by atoms with van der Waals surface area (Å²) in [5.41, 5.74) is 2.76. The number of carbonyl (C=O) groups is 1. The minimum absolute atomic E-state index is 0.0632. The van der Waals surface area contributed by atoms with Crippen LogP contribution in [0.3, 0.4) is 0 Å². The van der Waals surface area contributed by atoms with Crippen molar-refractivity contribution >= 4 is 28.7 Å². The first-order valence-corrected chi connectivity index (χ1v) is 10.6. The minimum Gasteiger partial charge on any atom is -0.494 e. The summed E-state index contributed by atoms with van der Waals surface area (Å²) in [4.78, 5) is 20.9. The zero-order valence-electron chi connectivity index (χ0n) is 17.4. The maximum atomic E-state index is 12.0. The number of carbonyl (C=O) groups excluding carboxylic acids is 1. The van der Waals surface area contributed by atoms with Crippen molar-refractivity contribution in [3.05, 3.63) is 42.9 Å². The second kappa shape index (κ2) is 9.00. The van der Waals surface area contributed by atoms with Gasteiger partial charge in [-0.3, -0.25) is 9.48 Å². The summed E-state index contributed by atoms with van der Waals surface area (Å²) in [6.45, 7) is 1.85. The summed E-state index contributed by atoms with van der Waals surface area (Å²) < 4.78 is 9.23. The fraction of sp³-hybridized carbons (Fsp3) is 0.333. The highest BCUT2D eigenvalue weighted by Gasteiger charge is 2.12. The molecule has 164 valence electrons. The number of aryl methyl sites for hydroxylation is 1. The number of nitrogens with one attached hydrogen (secondary N) is 2. The maximum Gasteiger partial charge on any atom is 0.229 e. The number of benzene rings is 1. The highest BCUT2D eigenvalue weighted by atomic mass is 16.5. The van der Waals surface area contributed by atoms with E-state index in [-0.39, 0.29) is 5.91 Å². The van der Waals surface area contributed by atoms with Crippen molar-refractivity contribution in [2.45, 2.75) is 32.2 Å². The fourth-order valence-corrected chi connectivity index (χ4v) is 3.45. The van der Waals surface area contributed by atoms with E-state index in [4.69, 9.17) is 4.74 Å². The molecule has 6 bridgehead atoms. The molecule has 11 nitrogen and oxygen atoms in total. The summed E-state index contributed by atoms with van der Waals surface area (Å²) in [7, 11) is 0. The van der Waals surface area contributed by atoms with Gasteiger partial charge in [0.1, 0.15) is 11.4 Å². The monoisotopic (exact) mass is 433 g/mol. The average molecular weight is 433 g/mol. The third-order valence-electron chi connectivity index (χ3n) is 5.12. The molecule has 2 aliphatic rings. The van der Waals surface area contributed by atoms with Crippen LogP contribution in [0.1, 0.15) is 25.7 Å². The van der Waals surface area contributed by atoms with Gasteiger partial charge < -0.3 is 15.4 Å². The average Bonchev–Trinajstić information content (AvgIpc) is 3.43. The van der Waals surface area contributed by atoms with Crippen LogP contribution < -0.4 is 15.4 Å². The molecule has 0 saturated heterocycles. The summed E-state index contributed by atoms with van der Waals surface area (Å²) in [6.07, 6.45) is 8.12. The predicted octanol–water partition coefficient (Wildman–Crippen LogP) is 2.22. The number of rotatable bonds is 0. The molecule has 4 aromatic rings. The summed E-state index contributed by atoms with van der Waals surface area (Å²) >= 11 is 0.